The summed E-state index contributed by atoms with van der Waals surface area (Å²) in [5.74, 6) is 2.16. The minimum Gasteiger partial charge on any atom is -0.487 e. The second-order valence-corrected chi connectivity index (χ2v) is 11.4. The number of amides is 3. The highest BCUT2D eigenvalue weighted by molar-refractivity contribution is 5.93. The van der Waals surface area contributed by atoms with Crippen LogP contribution in [0, 0.1) is 0 Å². The van der Waals surface area contributed by atoms with Gasteiger partial charge in [0, 0.05) is 61.3 Å². The Morgan fingerprint density at radius 2 is 1.93 bits per heavy atom. The second kappa shape index (κ2) is 10.9. The molecule has 13 heteroatoms. The van der Waals surface area contributed by atoms with E-state index in [1.807, 2.05) is 19.1 Å². The zero-order valence-corrected chi connectivity index (χ0v) is 23.9. The summed E-state index contributed by atoms with van der Waals surface area (Å²) in [6.45, 7) is 5.31. The molecule has 0 unspecified atom stereocenters. The summed E-state index contributed by atoms with van der Waals surface area (Å²) in [6.07, 6.45) is -2.40. The first-order chi connectivity index (χ1) is 21.2. The molecular formula is C31H31F3N6O4. The minimum atomic E-state index is -4.57. The number of aromatic nitrogens is 1. The summed E-state index contributed by atoms with van der Waals surface area (Å²) in [4.78, 5) is 32.8. The molecule has 2 fully saturated rings. The van der Waals surface area contributed by atoms with Crippen molar-refractivity contribution in [3.05, 3.63) is 65.4 Å². The van der Waals surface area contributed by atoms with Crippen molar-refractivity contribution in [2.45, 2.75) is 44.0 Å². The van der Waals surface area contributed by atoms with Crippen molar-refractivity contribution in [2.75, 3.05) is 48.3 Å². The van der Waals surface area contributed by atoms with Crippen LogP contribution in [0.3, 0.4) is 0 Å². The van der Waals surface area contributed by atoms with Gasteiger partial charge in [-0.1, -0.05) is 6.92 Å². The zero-order chi connectivity index (χ0) is 30.6. The highest BCUT2D eigenvalue weighted by Crippen LogP contribution is 2.54. The van der Waals surface area contributed by atoms with E-state index < -0.39 is 17.8 Å². The zero-order valence-electron chi connectivity index (χ0n) is 23.9. The second-order valence-electron chi connectivity index (χ2n) is 11.4. The maximum Gasteiger partial charge on any atom is 0.418 e. The number of nitrogens with zero attached hydrogens (tertiary/aromatic N) is 3. The number of rotatable bonds is 6. The first-order valence-electron chi connectivity index (χ1n) is 14.7. The third-order valence-corrected chi connectivity index (χ3v) is 8.68. The van der Waals surface area contributed by atoms with Gasteiger partial charge in [-0.2, -0.15) is 13.2 Å². The molecule has 4 heterocycles. The Labute approximate surface area is 251 Å². The fourth-order valence-corrected chi connectivity index (χ4v) is 6.30. The van der Waals surface area contributed by atoms with E-state index in [0.717, 1.165) is 23.7 Å². The number of hydrogen-bond donors (Lipinski definition) is 3. The number of alkyl halides is 3. The van der Waals surface area contributed by atoms with Crippen molar-refractivity contribution in [2.24, 2.45) is 0 Å². The number of ether oxygens (including phenoxy) is 2. The number of carbonyl (C=O) groups is 2. The molecule has 3 amide bonds. The standard InChI is InChI=1S/C31H31F3N6O4/c1-2-39-11-13-40(14-12-39)22-6-3-17(15-21(22)31(32,33)34)36-30(42)38-27-26-20-16-18(4-7-23(20)44-28(26)27)43-24-9-10-35-29-19(24)5-8-25(41)37-29/h3-4,6-7,9-10,15-16,26-28H,2,5,8,11-14H2,1H3,(H,35,37,41)(H2,36,38,42)/t26-,27-,28-/m0/s1. The quantitative estimate of drug-likeness (QED) is 0.363. The average molecular weight is 609 g/mol. The molecule has 1 aliphatic carbocycles. The summed E-state index contributed by atoms with van der Waals surface area (Å²) in [5.41, 5.74) is 1.11. The van der Waals surface area contributed by atoms with Gasteiger partial charge in [0.05, 0.1) is 17.5 Å². The summed E-state index contributed by atoms with van der Waals surface area (Å²) in [7, 11) is 0. The molecule has 3 aliphatic heterocycles. The van der Waals surface area contributed by atoms with Gasteiger partial charge in [0.1, 0.15) is 29.2 Å². The minimum absolute atomic E-state index is 0.0606. The van der Waals surface area contributed by atoms with Crippen molar-refractivity contribution in [3.63, 3.8) is 0 Å². The lowest BCUT2D eigenvalue weighted by molar-refractivity contribution is -0.137. The van der Waals surface area contributed by atoms with E-state index in [9.17, 15) is 22.8 Å². The van der Waals surface area contributed by atoms with Crippen LogP contribution in [0.4, 0.5) is 35.2 Å². The van der Waals surface area contributed by atoms with Crippen molar-refractivity contribution >= 4 is 29.1 Å². The van der Waals surface area contributed by atoms with Crippen LogP contribution in [0.2, 0.25) is 0 Å². The van der Waals surface area contributed by atoms with Gasteiger partial charge in [-0.3, -0.25) is 4.79 Å². The predicted octanol–water partition coefficient (Wildman–Crippen LogP) is 4.97. The highest BCUT2D eigenvalue weighted by atomic mass is 19.4. The molecule has 3 atom stereocenters. The van der Waals surface area contributed by atoms with Crippen molar-refractivity contribution in [3.8, 4) is 17.2 Å². The number of likely N-dealkylation sites (N-methyl/N-ethyl adjacent to an activating group) is 1. The topological polar surface area (TPSA) is 108 Å². The van der Waals surface area contributed by atoms with Gasteiger partial charge < -0.3 is 35.2 Å². The summed E-state index contributed by atoms with van der Waals surface area (Å²) < 4.78 is 54.3. The van der Waals surface area contributed by atoms with E-state index in [2.05, 4.69) is 25.8 Å². The Balaban J connectivity index is 1.01. The number of hydrogen-bond acceptors (Lipinski definition) is 7. The van der Waals surface area contributed by atoms with Crippen LogP contribution in [-0.2, 0) is 17.4 Å². The van der Waals surface area contributed by atoms with Crippen LogP contribution in [0.1, 0.15) is 36.0 Å². The lowest BCUT2D eigenvalue weighted by atomic mass is 10.1. The molecule has 3 N–H and O–H groups in total. The number of benzene rings is 2. The molecule has 4 aliphatic rings. The smallest absolute Gasteiger partial charge is 0.418 e. The van der Waals surface area contributed by atoms with Gasteiger partial charge in [0.25, 0.3) is 0 Å². The van der Waals surface area contributed by atoms with Crippen LogP contribution in [0.5, 0.6) is 17.2 Å². The number of fused-ring (bicyclic) bond motifs is 4. The molecule has 2 aromatic carbocycles. The Kier molecular flexibility index (Phi) is 6.99. The third kappa shape index (κ3) is 5.36. The summed E-state index contributed by atoms with van der Waals surface area (Å²) >= 11 is 0. The number of pyridine rings is 1. The fraction of sp³-hybridized carbons (Fsp3) is 0.387. The van der Waals surface area contributed by atoms with Crippen LogP contribution < -0.4 is 30.3 Å². The number of carbonyl (C=O) groups excluding carboxylic acids is 2. The van der Waals surface area contributed by atoms with E-state index in [4.69, 9.17) is 9.47 Å². The first kappa shape index (κ1) is 28.3. The molecule has 0 radical (unpaired) electrons. The van der Waals surface area contributed by atoms with Gasteiger partial charge in [0.15, 0.2) is 0 Å². The maximum atomic E-state index is 14.0. The average Bonchev–Trinajstić information content (AvgIpc) is 3.52. The highest BCUT2D eigenvalue weighted by Gasteiger charge is 2.59. The van der Waals surface area contributed by atoms with E-state index in [1.165, 1.54) is 12.1 Å². The van der Waals surface area contributed by atoms with Crippen LogP contribution in [-0.4, -0.2) is 66.7 Å². The molecule has 230 valence electrons. The lowest BCUT2D eigenvalue weighted by Crippen LogP contribution is -2.46. The molecule has 10 nitrogen and oxygen atoms in total. The van der Waals surface area contributed by atoms with E-state index >= 15 is 0 Å². The molecule has 0 bridgehead atoms. The Morgan fingerprint density at radius 1 is 1.11 bits per heavy atom. The van der Waals surface area contributed by atoms with Crippen LogP contribution >= 0.6 is 0 Å². The Hall–Kier alpha value is -4.52. The maximum absolute atomic E-state index is 14.0. The van der Waals surface area contributed by atoms with Gasteiger partial charge in [-0.15, -0.1) is 0 Å². The van der Waals surface area contributed by atoms with Gasteiger partial charge in [-0.25, -0.2) is 9.78 Å². The predicted molar refractivity (Wildman–Crippen MR) is 157 cm³/mol. The van der Waals surface area contributed by atoms with Crippen molar-refractivity contribution < 1.29 is 32.2 Å². The van der Waals surface area contributed by atoms with Gasteiger partial charge in [0.2, 0.25) is 5.91 Å². The van der Waals surface area contributed by atoms with E-state index in [0.29, 0.717) is 62.1 Å². The number of anilines is 3. The van der Waals surface area contributed by atoms with Crippen LogP contribution in [0.25, 0.3) is 0 Å². The van der Waals surface area contributed by atoms with E-state index in [1.54, 1.807) is 23.2 Å². The summed E-state index contributed by atoms with van der Waals surface area (Å²) in [6, 6.07) is 10.2. The first-order valence-corrected chi connectivity index (χ1v) is 14.7. The molecule has 1 saturated carbocycles. The third-order valence-electron chi connectivity index (χ3n) is 8.68. The summed E-state index contributed by atoms with van der Waals surface area (Å²) in [5, 5.41) is 8.17. The van der Waals surface area contributed by atoms with Crippen molar-refractivity contribution in [1.82, 2.24) is 15.2 Å². The molecule has 1 saturated heterocycles. The number of halogens is 3. The molecule has 1 aromatic heterocycles. The fourth-order valence-electron chi connectivity index (χ4n) is 6.30. The molecule has 0 spiro atoms. The largest absolute Gasteiger partial charge is 0.487 e. The van der Waals surface area contributed by atoms with E-state index in [-0.39, 0.29) is 35.3 Å². The van der Waals surface area contributed by atoms with Gasteiger partial charge in [-0.05, 0) is 55.4 Å². The molecular weight excluding hydrogens is 577 g/mol. The van der Waals surface area contributed by atoms with Crippen LogP contribution in [0.15, 0.2) is 48.7 Å². The number of piperazine rings is 1. The monoisotopic (exact) mass is 608 g/mol. The number of nitrogens with one attached hydrogen (secondary N) is 3. The Bertz CT molecular complexity index is 1620. The van der Waals surface area contributed by atoms with Crippen molar-refractivity contribution in [1.29, 1.82) is 0 Å². The Morgan fingerprint density at radius 3 is 2.70 bits per heavy atom. The lowest BCUT2D eigenvalue weighted by Gasteiger charge is -2.36. The molecule has 7 rings (SSSR count). The number of urea groups is 1. The molecule has 3 aromatic rings. The normalized spacial score (nSPS) is 22.2. The molecule has 44 heavy (non-hydrogen) atoms. The SMILES string of the molecule is CCN1CCN(c2ccc(NC(=O)N[C@@H]3[C@H]4Oc5ccc(Oc6ccnc7c6CCC(=O)N7)cc5[C@@H]34)cc2C(F)(F)F)CC1. The van der Waals surface area contributed by atoms with Gasteiger partial charge >= 0.3 is 12.2 Å².